The van der Waals surface area contributed by atoms with Gasteiger partial charge in [-0.3, -0.25) is 10.1 Å². The Kier molecular flexibility index (Phi) is 4.03. The Morgan fingerprint density at radius 3 is 2.79 bits per heavy atom. The molecule has 0 radical (unpaired) electrons. The molecule has 1 fully saturated rings. The van der Waals surface area contributed by atoms with Gasteiger partial charge in [-0.15, -0.1) is 6.42 Å². The van der Waals surface area contributed by atoms with Gasteiger partial charge in [-0.2, -0.15) is 0 Å². The summed E-state index contributed by atoms with van der Waals surface area (Å²) in [5.41, 5.74) is 1.10. The molecule has 1 aliphatic rings. The summed E-state index contributed by atoms with van der Waals surface area (Å²) < 4.78 is 0. The average Bonchev–Trinajstić information content (AvgIpc) is 3.21. The molecule has 0 aromatic heterocycles. The summed E-state index contributed by atoms with van der Waals surface area (Å²) >= 11 is 0. The fourth-order valence-corrected chi connectivity index (χ4v) is 2.06. The lowest BCUT2D eigenvalue weighted by molar-refractivity contribution is -0.385. The Bertz CT molecular complexity index is 518. The molecule has 0 unspecified atom stereocenters. The van der Waals surface area contributed by atoms with Crippen LogP contribution in [0.2, 0.25) is 0 Å². The molecular formula is C14H16N2O3. The number of nitrogens with zero attached hydrogens (tertiary/aromatic N) is 2. The first kappa shape index (κ1) is 13.4. The van der Waals surface area contributed by atoms with Crippen LogP contribution < -0.4 is 4.90 Å². The molecule has 0 bridgehead atoms. The van der Waals surface area contributed by atoms with Crippen molar-refractivity contribution in [2.45, 2.75) is 19.4 Å². The number of aliphatic hydroxyl groups excluding tert-OH is 1. The first-order valence-corrected chi connectivity index (χ1v) is 6.22. The standard InChI is InChI=1S/C14H16N2O3/c1-2-7-15(9-11-3-4-11)13-5-6-14(16(18)19)12(8-13)10-17/h1,5-6,8,11,17H,3-4,7,9-10H2. The highest BCUT2D eigenvalue weighted by atomic mass is 16.6. The molecule has 1 N–H and O–H groups in total. The largest absolute Gasteiger partial charge is 0.391 e. The molecular weight excluding hydrogens is 244 g/mol. The Morgan fingerprint density at radius 1 is 1.53 bits per heavy atom. The first-order valence-electron chi connectivity index (χ1n) is 6.22. The molecule has 0 heterocycles. The molecule has 0 amide bonds. The van der Waals surface area contributed by atoms with Crippen LogP contribution in [0.3, 0.4) is 0 Å². The predicted molar refractivity (Wildman–Crippen MR) is 72.8 cm³/mol. The van der Waals surface area contributed by atoms with Crippen molar-refractivity contribution in [2.75, 3.05) is 18.0 Å². The van der Waals surface area contributed by atoms with Crippen molar-refractivity contribution in [2.24, 2.45) is 5.92 Å². The van der Waals surface area contributed by atoms with E-state index in [1.807, 2.05) is 4.90 Å². The number of terminal acetylenes is 1. The smallest absolute Gasteiger partial charge is 0.275 e. The summed E-state index contributed by atoms with van der Waals surface area (Å²) in [6, 6.07) is 4.77. The first-order chi connectivity index (χ1) is 9.15. The summed E-state index contributed by atoms with van der Waals surface area (Å²) in [5, 5.41) is 20.1. The number of rotatable bonds is 6. The van der Waals surface area contributed by atoms with Crippen LogP contribution in [0.25, 0.3) is 0 Å². The van der Waals surface area contributed by atoms with Crippen molar-refractivity contribution in [3.05, 3.63) is 33.9 Å². The van der Waals surface area contributed by atoms with Crippen molar-refractivity contribution < 1.29 is 10.0 Å². The fourth-order valence-electron chi connectivity index (χ4n) is 2.06. The molecule has 0 aliphatic heterocycles. The van der Waals surface area contributed by atoms with Crippen molar-refractivity contribution in [3.8, 4) is 12.3 Å². The van der Waals surface area contributed by atoms with Gasteiger partial charge in [0, 0.05) is 18.3 Å². The molecule has 2 rings (SSSR count). The highest BCUT2D eigenvalue weighted by Crippen LogP contribution is 2.32. The molecule has 0 atom stereocenters. The number of aliphatic hydroxyl groups is 1. The lowest BCUT2D eigenvalue weighted by Crippen LogP contribution is -2.26. The van der Waals surface area contributed by atoms with Crippen molar-refractivity contribution >= 4 is 11.4 Å². The maximum absolute atomic E-state index is 10.8. The van der Waals surface area contributed by atoms with E-state index in [-0.39, 0.29) is 12.3 Å². The maximum Gasteiger partial charge on any atom is 0.275 e. The van der Waals surface area contributed by atoms with E-state index < -0.39 is 4.92 Å². The molecule has 5 heteroatoms. The zero-order chi connectivity index (χ0) is 13.8. The quantitative estimate of drug-likeness (QED) is 0.482. The van der Waals surface area contributed by atoms with Crippen molar-refractivity contribution in [3.63, 3.8) is 0 Å². The second-order valence-corrected chi connectivity index (χ2v) is 4.76. The van der Waals surface area contributed by atoms with Crippen LogP contribution in [-0.2, 0) is 6.61 Å². The van der Waals surface area contributed by atoms with Gasteiger partial charge in [-0.05, 0) is 30.9 Å². The highest BCUT2D eigenvalue weighted by Gasteiger charge is 2.25. The van der Waals surface area contributed by atoms with Gasteiger partial charge in [-0.1, -0.05) is 5.92 Å². The maximum atomic E-state index is 10.8. The normalized spacial score (nSPS) is 13.9. The van der Waals surface area contributed by atoms with Crippen LogP contribution in [-0.4, -0.2) is 23.1 Å². The molecule has 19 heavy (non-hydrogen) atoms. The zero-order valence-electron chi connectivity index (χ0n) is 10.6. The van der Waals surface area contributed by atoms with Gasteiger partial charge in [0.25, 0.3) is 5.69 Å². The van der Waals surface area contributed by atoms with Crippen molar-refractivity contribution in [1.29, 1.82) is 0 Å². The van der Waals surface area contributed by atoms with Crippen LogP contribution in [0.15, 0.2) is 18.2 Å². The minimum absolute atomic E-state index is 0.0571. The van der Waals surface area contributed by atoms with Crippen molar-refractivity contribution in [1.82, 2.24) is 0 Å². The number of hydrogen-bond donors (Lipinski definition) is 1. The number of nitro benzene ring substituents is 1. The highest BCUT2D eigenvalue weighted by molar-refractivity contribution is 5.56. The Balaban J connectivity index is 2.26. The monoisotopic (exact) mass is 260 g/mol. The topological polar surface area (TPSA) is 66.6 Å². The number of nitro groups is 1. The molecule has 1 aromatic rings. The minimum atomic E-state index is -0.484. The van der Waals surface area contributed by atoms with E-state index in [4.69, 9.17) is 6.42 Å². The summed E-state index contributed by atoms with van der Waals surface area (Å²) in [6.07, 6.45) is 7.78. The molecule has 5 nitrogen and oxygen atoms in total. The second kappa shape index (κ2) is 5.72. The van der Waals surface area contributed by atoms with Gasteiger partial charge in [0.1, 0.15) is 0 Å². The SMILES string of the molecule is C#CCN(CC1CC1)c1ccc([N+](=O)[O-])c(CO)c1. The van der Waals surface area contributed by atoms with Gasteiger partial charge in [0.15, 0.2) is 0 Å². The Hall–Kier alpha value is -2.06. The van der Waals surface area contributed by atoms with Crippen LogP contribution in [0.4, 0.5) is 11.4 Å². The lowest BCUT2D eigenvalue weighted by Gasteiger charge is -2.22. The van der Waals surface area contributed by atoms with Gasteiger partial charge in [-0.25, -0.2) is 0 Å². The van der Waals surface area contributed by atoms with E-state index in [0.717, 1.165) is 12.2 Å². The lowest BCUT2D eigenvalue weighted by atomic mass is 10.1. The summed E-state index contributed by atoms with van der Waals surface area (Å²) in [7, 11) is 0. The molecule has 0 spiro atoms. The van der Waals surface area contributed by atoms with Gasteiger partial charge < -0.3 is 10.0 Å². The summed E-state index contributed by atoms with van der Waals surface area (Å²) in [6.45, 7) is 0.990. The molecule has 1 aromatic carbocycles. The summed E-state index contributed by atoms with van der Waals surface area (Å²) in [5.74, 6) is 3.27. The fraction of sp³-hybridized carbons (Fsp3) is 0.429. The summed E-state index contributed by atoms with van der Waals surface area (Å²) in [4.78, 5) is 12.4. The zero-order valence-corrected chi connectivity index (χ0v) is 10.6. The van der Waals surface area contributed by atoms with E-state index >= 15 is 0 Å². The predicted octanol–water partition coefficient (Wildman–Crippen LogP) is 1.94. The third-order valence-electron chi connectivity index (χ3n) is 3.25. The van der Waals surface area contributed by atoms with Crippen LogP contribution in [0.5, 0.6) is 0 Å². The number of benzene rings is 1. The third kappa shape index (κ3) is 3.24. The van der Waals surface area contributed by atoms with E-state index in [9.17, 15) is 15.2 Å². The number of anilines is 1. The average molecular weight is 260 g/mol. The van der Waals surface area contributed by atoms with E-state index in [1.165, 1.54) is 18.9 Å². The van der Waals surface area contributed by atoms with E-state index in [1.54, 1.807) is 12.1 Å². The molecule has 100 valence electrons. The minimum Gasteiger partial charge on any atom is -0.391 e. The van der Waals surface area contributed by atoms with Gasteiger partial charge in [0.2, 0.25) is 0 Å². The van der Waals surface area contributed by atoms with Gasteiger partial charge in [0.05, 0.1) is 23.6 Å². The molecule has 1 saturated carbocycles. The second-order valence-electron chi connectivity index (χ2n) is 4.76. The van der Waals surface area contributed by atoms with E-state index in [2.05, 4.69) is 5.92 Å². The van der Waals surface area contributed by atoms with Crippen LogP contribution in [0.1, 0.15) is 18.4 Å². The third-order valence-corrected chi connectivity index (χ3v) is 3.25. The van der Waals surface area contributed by atoms with E-state index in [0.29, 0.717) is 18.0 Å². The Morgan fingerprint density at radius 2 is 2.26 bits per heavy atom. The number of hydrogen-bond acceptors (Lipinski definition) is 4. The van der Waals surface area contributed by atoms with Gasteiger partial charge >= 0.3 is 0 Å². The Labute approximate surface area is 112 Å². The van der Waals surface area contributed by atoms with Crippen LogP contribution in [0, 0.1) is 28.4 Å². The van der Waals surface area contributed by atoms with Crippen LogP contribution >= 0.6 is 0 Å². The molecule has 1 aliphatic carbocycles. The molecule has 0 saturated heterocycles.